The maximum Gasteiger partial charge on any atom is 0.159 e. The summed E-state index contributed by atoms with van der Waals surface area (Å²) in [5.74, 6) is 0.246. The second-order valence-electron chi connectivity index (χ2n) is 4.26. The van der Waals surface area contributed by atoms with Crippen LogP contribution in [0, 0.1) is 12.7 Å². The molecule has 19 heavy (non-hydrogen) atoms. The van der Waals surface area contributed by atoms with Gasteiger partial charge in [0.25, 0.3) is 0 Å². The van der Waals surface area contributed by atoms with E-state index >= 15 is 0 Å². The van der Waals surface area contributed by atoms with Crippen LogP contribution in [0.4, 0.5) is 4.39 Å². The van der Waals surface area contributed by atoms with Gasteiger partial charge in [-0.15, -0.1) is 0 Å². The highest BCUT2D eigenvalue weighted by atomic mass is 79.9. The number of benzene rings is 1. The number of aromatic nitrogens is 2. The van der Waals surface area contributed by atoms with Crippen LogP contribution in [0.15, 0.2) is 28.7 Å². The molecule has 2 rings (SSSR count). The lowest BCUT2D eigenvalue weighted by Crippen LogP contribution is -2.13. The van der Waals surface area contributed by atoms with Crippen LogP contribution >= 0.6 is 15.9 Å². The van der Waals surface area contributed by atoms with Gasteiger partial charge in [0.15, 0.2) is 5.82 Å². The Hall–Kier alpha value is -1.33. The van der Waals surface area contributed by atoms with E-state index in [0.717, 1.165) is 17.9 Å². The zero-order valence-electron chi connectivity index (χ0n) is 10.9. The number of hydrogen-bond donors (Lipinski definition) is 1. The van der Waals surface area contributed by atoms with Crippen molar-refractivity contribution in [3.8, 4) is 11.4 Å². The van der Waals surface area contributed by atoms with Crippen LogP contribution in [0.2, 0.25) is 0 Å². The van der Waals surface area contributed by atoms with Gasteiger partial charge in [-0.25, -0.2) is 14.4 Å². The van der Waals surface area contributed by atoms with Crippen LogP contribution in [0.5, 0.6) is 0 Å². The van der Waals surface area contributed by atoms with E-state index in [0.29, 0.717) is 22.4 Å². The molecule has 0 saturated heterocycles. The Kier molecular flexibility index (Phi) is 4.61. The zero-order chi connectivity index (χ0) is 13.8. The number of aryl methyl sites for hydroxylation is 1. The molecule has 0 radical (unpaired) electrons. The van der Waals surface area contributed by atoms with Crippen molar-refractivity contribution in [3.05, 3.63) is 45.9 Å². The van der Waals surface area contributed by atoms with Crippen LogP contribution in [0.1, 0.15) is 18.3 Å². The van der Waals surface area contributed by atoms with Crippen LogP contribution in [0.25, 0.3) is 11.4 Å². The quantitative estimate of drug-likeness (QED) is 0.936. The highest BCUT2D eigenvalue weighted by Gasteiger charge is 2.07. The van der Waals surface area contributed by atoms with Crippen molar-refractivity contribution in [1.29, 1.82) is 0 Å². The van der Waals surface area contributed by atoms with Gasteiger partial charge in [0, 0.05) is 22.3 Å². The number of rotatable bonds is 4. The first-order chi connectivity index (χ1) is 9.08. The minimum absolute atomic E-state index is 0.303. The van der Waals surface area contributed by atoms with E-state index in [9.17, 15) is 4.39 Å². The average Bonchev–Trinajstić information content (AvgIpc) is 2.34. The maximum absolute atomic E-state index is 13.4. The van der Waals surface area contributed by atoms with E-state index in [2.05, 4.69) is 31.2 Å². The van der Waals surface area contributed by atoms with E-state index in [1.54, 1.807) is 0 Å². The lowest BCUT2D eigenvalue weighted by molar-refractivity contribution is 0.627. The molecule has 0 saturated carbocycles. The first-order valence-corrected chi connectivity index (χ1v) is 6.89. The molecule has 0 bridgehead atoms. The Morgan fingerprint density at radius 2 is 2.00 bits per heavy atom. The molecule has 0 unspecified atom stereocenters. The fraction of sp³-hybridized carbons (Fsp3) is 0.286. The molecule has 1 aromatic carbocycles. The molecule has 1 heterocycles. The molecular weight excluding hydrogens is 309 g/mol. The molecule has 0 spiro atoms. The molecule has 0 aliphatic heterocycles. The SMILES string of the molecule is CCNCc1cc(C)nc(-c2cc(F)cc(Br)c2)n1. The second-order valence-corrected chi connectivity index (χ2v) is 5.18. The predicted molar refractivity (Wildman–Crippen MR) is 77.2 cm³/mol. The molecule has 0 amide bonds. The summed E-state index contributed by atoms with van der Waals surface area (Å²) in [6.07, 6.45) is 0. The smallest absolute Gasteiger partial charge is 0.159 e. The number of nitrogens with one attached hydrogen (secondary N) is 1. The third-order valence-electron chi connectivity index (χ3n) is 2.58. The van der Waals surface area contributed by atoms with Gasteiger partial charge < -0.3 is 5.32 Å². The Morgan fingerprint density at radius 1 is 1.21 bits per heavy atom. The standard InChI is InChI=1S/C14H15BrFN3/c1-3-17-8-13-4-9(2)18-14(19-13)10-5-11(15)7-12(16)6-10/h4-7,17H,3,8H2,1-2H3. The van der Waals surface area contributed by atoms with Gasteiger partial charge in [0.2, 0.25) is 0 Å². The summed E-state index contributed by atoms with van der Waals surface area (Å²) >= 11 is 3.28. The van der Waals surface area contributed by atoms with Crippen molar-refractivity contribution in [2.45, 2.75) is 20.4 Å². The summed E-state index contributed by atoms with van der Waals surface area (Å²) in [5.41, 5.74) is 2.45. The summed E-state index contributed by atoms with van der Waals surface area (Å²) in [4.78, 5) is 8.83. The number of hydrogen-bond acceptors (Lipinski definition) is 3. The summed E-state index contributed by atoms with van der Waals surface area (Å²) in [6.45, 7) is 5.51. The fourth-order valence-electron chi connectivity index (χ4n) is 1.79. The van der Waals surface area contributed by atoms with Gasteiger partial charge in [-0.1, -0.05) is 22.9 Å². The normalized spacial score (nSPS) is 10.7. The van der Waals surface area contributed by atoms with Crippen LogP contribution in [-0.2, 0) is 6.54 Å². The van der Waals surface area contributed by atoms with Gasteiger partial charge in [0.05, 0.1) is 5.69 Å². The monoisotopic (exact) mass is 323 g/mol. The average molecular weight is 324 g/mol. The Bertz CT molecular complexity index is 567. The highest BCUT2D eigenvalue weighted by molar-refractivity contribution is 9.10. The lowest BCUT2D eigenvalue weighted by atomic mass is 10.2. The molecule has 1 N–H and O–H groups in total. The Balaban J connectivity index is 2.40. The summed E-state index contributed by atoms with van der Waals surface area (Å²) < 4.78 is 14.1. The van der Waals surface area contributed by atoms with Gasteiger partial charge in [-0.05, 0) is 37.7 Å². The van der Waals surface area contributed by atoms with Gasteiger partial charge in [0.1, 0.15) is 5.82 Å². The van der Waals surface area contributed by atoms with Gasteiger partial charge in [-0.3, -0.25) is 0 Å². The van der Waals surface area contributed by atoms with E-state index in [1.807, 2.05) is 26.0 Å². The van der Waals surface area contributed by atoms with E-state index < -0.39 is 0 Å². The van der Waals surface area contributed by atoms with Crippen molar-refractivity contribution in [2.24, 2.45) is 0 Å². The van der Waals surface area contributed by atoms with E-state index in [-0.39, 0.29) is 5.82 Å². The summed E-state index contributed by atoms with van der Waals surface area (Å²) in [7, 11) is 0. The van der Waals surface area contributed by atoms with Gasteiger partial charge >= 0.3 is 0 Å². The fourth-order valence-corrected chi connectivity index (χ4v) is 2.25. The molecule has 0 aliphatic carbocycles. The molecular formula is C14H15BrFN3. The number of nitrogens with zero attached hydrogens (tertiary/aromatic N) is 2. The van der Waals surface area contributed by atoms with Crippen LogP contribution in [0.3, 0.4) is 0 Å². The van der Waals surface area contributed by atoms with Gasteiger partial charge in [-0.2, -0.15) is 0 Å². The largest absolute Gasteiger partial charge is 0.311 e. The molecule has 0 atom stereocenters. The Labute approximate surface area is 120 Å². The third kappa shape index (κ3) is 3.81. The highest BCUT2D eigenvalue weighted by Crippen LogP contribution is 2.22. The molecule has 1 aromatic heterocycles. The lowest BCUT2D eigenvalue weighted by Gasteiger charge is -2.07. The number of halogens is 2. The molecule has 3 nitrogen and oxygen atoms in total. The first-order valence-electron chi connectivity index (χ1n) is 6.10. The Morgan fingerprint density at radius 3 is 2.68 bits per heavy atom. The summed E-state index contributed by atoms with van der Waals surface area (Å²) in [6, 6.07) is 6.60. The molecule has 0 fully saturated rings. The molecule has 5 heteroatoms. The maximum atomic E-state index is 13.4. The van der Waals surface area contributed by atoms with Crippen molar-refractivity contribution >= 4 is 15.9 Å². The topological polar surface area (TPSA) is 37.8 Å². The minimum atomic E-state index is -0.303. The zero-order valence-corrected chi connectivity index (χ0v) is 12.5. The summed E-state index contributed by atoms with van der Waals surface area (Å²) in [5, 5.41) is 3.22. The first kappa shape index (κ1) is 14.1. The third-order valence-corrected chi connectivity index (χ3v) is 3.04. The van der Waals surface area contributed by atoms with E-state index in [4.69, 9.17) is 0 Å². The van der Waals surface area contributed by atoms with Crippen molar-refractivity contribution < 1.29 is 4.39 Å². The van der Waals surface area contributed by atoms with Crippen molar-refractivity contribution in [3.63, 3.8) is 0 Å². The van der Waals surface area contributed by atoms with Crippen LogP contribution < -0.4 is 5.32 Å². The minimum Gasteiger partial charge on any atom is -0.311 e. The molecule has 100 valence electrons. The molecule has 0 aliphatic rings. The predicted octanol–water partition coefficient (Wildman–Crippen LogP) is 3.46. The molecule has 2 aromatic rings. The second kappa shape index (κ2) is 6.21. The van der Waals surface area contributed by atoms with Crippen LogP contribution in [-0.4, -0.2) is 16.5 Å². The van der Waals surface area contributed by atoms with E-state index in [1.165, 1.54) is 12.1 Å². The van der Waals surface area contributed by atoms with Crippen molar-refractivity contribution in [1.82, 2.24) is 15.3 Å². The van der Waals surface area contributed by atoms with Crippen molar-refractivity contribution in [2.75, 3.05) is 6.54 Å².